The predicted octanol–water partition coefficient (Wildman–Crippen LogP) is 6.57. The van der Waals surface area contributed by atoms with Crippen molar-refractivity contribution in [1.82, 2.24) is 4.90 Å². The standard InChI is InChI=1S/C25H30FNO3S/c1-2-3-4-5-6-7-8-9-16-27-24(28)22(19-12-14-20(26)15-13-19)23(25(27)29)31-18-21-11-10-17-30-21/h10-15,17H,2-9,16,18H2,1H3. The Kier molecular flexibility index (Phi) is 8.95. The lowest BCUT2D eigenvalue weighted by molar-refractivity contribution is -0.136. The topological polar surface area (TPSA) is 50.5 Å². The van der Waals surface area contributed by atoms with Crippen LogP contribution in [-0.2, 0) is 15.3 Å². The molecule has 3 rings (SSSR count). The van der Waals surface area contributed by atoms with Crippen molar-refractivity contribution in [1.29, 1.82) is 0 Å². The quantitative estimate of drug-likeness (QED) is 0.259. The Morgan fingerprint density at radius 2 is 1.58 bits per heavy atom. The van der Waals surface area contributed by atoms with Crippen molar-refractivity contribution in [2.75, 3.05) is 6.54 Å². The van der Waals surface area contributed by atoms with Gasteiger partial charge in [-0.05, 0) is 36.2 Å². The van der Waals surface area contributed by atoms with Crippen LogP contribution in [0.3, 0.4) is 0 Å². The Morgan fingerprint density at radius 3 is 2.23 bits per heavy atom. The Bertz CT molecular complexity index is 890. The fraction of sp³-hybridized carbons (Fsp3) is 0.440. The normalized spacial score (nSPS) is 14.2. The molecule has 2 aromatic rings. The number of hydrogen-bond acceptors (Lipinski definition) is 4. The average molecular weight is 444 g/mol. The van der Waals surface area contributed by atoms with Crippen LogP contribution in [0.2, 0.25) is 0 Å². The highest BCUT2D eigenvalue weighted by Gasteiger charge is 2.38. The van der Waals surface area contributed by atoms with Crippen LogP contribution in [0, 0.1) is 5.82 Å². The molecule has 1 aromatic carbocycles. The van der Waals surface area contributed by atoms with E-state index in [9.17, 15) is 14.0 Å². The van der Waals surface area contributed by atoms with Crippen molar-refractivity contribution in [2.24, 2.45) is 0 Å². The maximum absolute atomic E-state index is 13.4. The molecule has 1 aliphatic rings. The van der Waals surface area contributed by atoms with Gasteiger partial charge in [0.2, 0.25) is 0 Å². The number of hydrogen-bond donors (Lipinski definition) is 0. The minimum Gasteiger partial charge on any atom is -0.468 e. The highest BCUT2D eigenvalue weighted by atomic mass is 32.2. The first-order valence-corrected chi connectivity index (χ1v) is 12.1. The van der Waals surface area contributed by atoms with Crippen molar-refractivity contribution >= 4 is 29.1 Å². The third-order valence-corrected chi connectivity index (χ3v) is 6.53. The molecule has 0 fully saturated rings. The lowest BCUT2D eigenvalue weighted by atomic mass is 10.1. The summed E-state index contributed by atoms with van der Waals surface area (Å²) in [7, 11) is 0. The Labute approximate surface area is 187 Å². The number of nitrogens with zero attached hydrogens (tertiary/aromatic N) is 1. The summed E-state index contributed by atoms with van der Waals surface area (Å²) in [6.07, 6.45) is 10.8. The van der Waals surface area contributed by atoms with Crippen LogP contribution in [0.25, 0.3) is 5.57 Å². The zero-order valence-electron chi connectivity index (χ0n) is 18.1. The molecule has 2 heterocycles. The van der Waals surface area contributed by atoms with E-state index in [1.165, 1.54) is 60.9 Å². The van der Waals surface area contributed by atoms with E-state index in [0.29, 0.717) is 28.3 Å². The predicted molar refractivity (Wildman–Crippen MR) is 123 cm³/mol. The van der Waals surface area contributed by atoms with Crippen molar-refractivity contribution in [3.05, 3.63) is 64.7 Å². The smallest absolute Gasteiger partial charge is 0.267 e. The van der Waals surface area contributed by atoms with Gasteiger partial charge in [-0.25, -0.2) is 4.39 Å². The van der Waals surface area contributed by atoms with Gasteiger partial charge in [0.1, 0.15) is 11.6 Å². The van der Waals surface area contributed by atoms with Gasteiger partial charge in [-0.3, -0.25) is 14.5 Å². The molecule has 2 amide bonds. The number of rotatable bonds is 13. The van der Waals surface area contributed by atoms with Gasteiger partial charge in [-0.15, -0.1) is 11.8 Å². The van der Waals surface area contributed by atoms with Crippen LogP contribution in [-0.4, -0.2) is 23.3 Å². The molecule has 1 aromatic heterocycles. The summed E-state index contributed by atoms with van der Waals surface area (Å²) < 4.78 is 18.8. The molecule has 0 bridgehead atoms. The van der Waals surface area contributed by atoms with Gasteiger partial charge in [0.25, 0.3) is 11.8 Å². The van der Waals surface area contributed by atoms with Crippen molar-refractivity contribution in [3.8, 4) is 0 Å². The fourth-order valence-corrected chi connectivity index (χ4v) is 4.74. The Balaban J connectivity index is 1.63. The van der Waals surface area contributed by atoms with Crippen molar-refractivity contribution < 1.29 is 18.4 Å². The molecule has 166 valence electrons. The molecule has 1 aliphatic heterocycles. The first-order chi connectivity index (χ1) is 15.1. The van der Waals surface area contributed by atoms with E-state index in [1.54, 1.807) is 24.5 Å². The molecule has 0 saturated heterocycles. The monoisotopic (exact) mass is 443 g/mol. The number of unbranched alkanes of at least 4 members (excludes halogenated alkanes) is 7. The van der Waals surface area contributed by atoms with Crippen LogP contribution in [0.4, 0.5) is 4.39 Å². The minimum atomic E-state index is -0.373. The molecule has 0 saturated carbocycles. The van der Waals surface area contributed by atoms with Crippen LogP contribution < -0.4 is 0 Å². The molecule has 0 spiro atoms. The molecule has 4 nitrogen and oxygen atoms in total. The first kappa shape index (κ1) is 23.3. The SMILES string of the molecule is CCCCCCCCCCN1C(=O)C(SCc2ccco2)=C(c2ccc(F)cc2)C1=O. The molecular weight excluding hydrogens is 413 g/mol. The Morgan fingerprint density at radius 1 is 0.903 bits per heavy atom. The van der Waals surface area contributed by atoms with Gasteiger partial charge in [0.05, 0.1) is 22.5 Å². The minimum absolute atomic E-state index is 0.260. The number of halogens is 1. The molecule has 31 heavy (non-hydrogen) atoms. The van der Waals surface area contributed by atoms with Crippen molar-refractivity contribution in [2.45, 2.75) is 64.0 Å². The van der Waals surface area contributed by atoms with E-state index >= 15 is 0 Å². The van der Waals surface area contributed by atoms with E-state index in [1.807, 2.05) is 6.07 Å². The van der Waals surface area contributed by atoms with Gasteiger partial charge in [0.15, 0.2) is 0 Å². The van der Waals surface area contributed by atoms with Gasteiger partial charge in [-0.1, -0.05) is 64.0 Å². The highest BCUT2D eigenvalue weighted by Crippen LogP contribution is 2.37. The van der Waals surface area contributed by atoms with E-state index < -0.39 is 0 Å². The van der Waals surface area contributed by atoms with Crippen LogP contribution in [0.15, 0.2) is 52.0 Å². The summed E-state index contributed by atoms with van der Waals surface area (Å²) >= 11 is 1.30. The molecule has 0 atom stereocenters. The first-order valence-electron chi connectivity index (χ1n) is 11.1. The van der Waals surface area contributed by atoms with Crippen LogP contribution >= 0.6 is 11.8 Å². The lowest BCUT2D eigenvalue weighted by Gasteiger charge is -2.15. The second-order valence-corrected chi connectivity index (χ2v) is 8.80. The molecule has 0 unspecified atom stereocenters. The van der Waals surface area contributed by atoms with Gasteiger partial charge in [0, 0.05) is 6.54 Å². The van der Waals surface area contributed by atoms with Gasteiger partial charge < -0.3 is 4.42 Å². The van der Waals surface area contributed by atoms with Crippen LogP contribution in [0.1, 0.15) is 69.6 Å². The number of amides is 2. The molecule has 0 aliphatic carbocycles. The summed E-state index contributed by atoms with van der Waals surface area (Å²) in [5.41, 5.74) is 0.932. The third kappa shape index (κ3) is 6.33. The number of furan rings is 1. The van der Waals surface area contributed by atoms with Gasteiger partial charge in [-0.2, -0.15) is 0 Å². The molecule has 0 radical (unpaired) electrons. The van der Waals surface area contributed by atoms with Gasteiger partial charge >= 0.3 is 0 Å². The number of carbonyl (C=O) groups is 2. The number of imide groups is 1. The van der Waals surface area contributed by atoms with E-state index in [0.717, 1.165) is 25.0 Å². The fourth-order valence-electron chi connectivity index (χ4n) is 3.70. The number of carbonyl (C=O) groups excluding carboxylic acids is 2. The average Bonchev–Trinajstić information content (AvgIpc) is 3.36. The summed E-state index contributed by atoms with van der Waals surface area (Å²) in [5.74, 6) is 0.266. The summed E-state index contributed by atoms with van der Waals surface area (Å²) in [5, 5.41) is 0. The molecule has 0 N–H and O–H groups in total. The zero-order valence-corrected chi connectivity index (χ0v) is 18.9. The van der Waals surface area contributed by atoms with E-state index in [2.05, 4.69) is 6.92 Å². The molecular formula is C25H30FNO3S. The van der Waals surface area contributed by atoms with E-state index in [4.69, 9.17) is 4.42 Å². The zero-order chi connectivity index (χ0) is 22.1. The maximum atomic E-state index is 13.4. The maximum Gasteiger partial charge on any atom is 0.267 e. The number of benzene rings is 1. The largest absolute Gasteiger partial charge is 0.468 e. The van der Waals surface area contributed by atoms with Crippen molar-refractivity contribution in [3.63, 3.8) is 0 Å². The second kappa shape index (κ2) is 11.9. The lowest BCUT2D eigenvalue weighted by Crippen LogP contribution is -2.32. The van der Waals surface area contributed by atoms with E-state index in [-0.39, 0.29) is 17.6 Å². The summed E-state index contributed by atoms with van der Waals surface area (Å²) in [6.45, 7) is 2.63. The second-order valence-electron chi connectivity index (χ2n) is 7.82. The Hall–Kier alpha value is -2.34. The number of thioether (sulfide) groups is 1. The summed E-state index contributed by atoms with van der Waals surface area (Å²) in [4.78, 5) is 28.0. The van der Waals surface area contributed by atoms with Crippen LogP contribution in [0.5, 0.6) is 0 Å². The summed E-state index contributed by atoms with van der Waals surface area (Å²) in [6, 6.07) is 9.38. The molecule has 6 heteroatoms. The highest BCUT2D eigenvalue weighted by molar-refractivity contribution is 8.03. The third-order valence-electron chi connectivity index (χ3n) is 5.43.